The second-order valence-corrected chi connectivity index (χ2v) is 1.22. The van der Waals surface area contributed by atoms with Gasteiger partial charge in [0, 0.05) is 31.5 Å². The number of hydrogen-bond acceptors (Lipinski definition) is 6. The Labute approximate surface area is 150 Å². The zero-order chi connectivity index (χ0) is 4.50. The third-order valence-electron chi connectivity index (χ3n) is 0. The van der Waals surface area contributed by atoms with E-state index in [-0.39, 0.29) is 125 Å². The topological polar surface area (TPSA) is 203 Å². The van der Waals surface area contributed by atoms with E-state index in [2.05, 4.69) is 0 Å². The van der Waals surface area contributed by atoms with Crippen LogP contribution in [0.3, 0.4) is 0 Å². The van der Waals surface area contributed by atoms with Gasteiger partial charge in [-0.2, -0.15) is 0 Å². The summed E-state index contributed by atoms with van der Waals surface area (Å²) in [4.78, 5) is 0. The first kappa shape index (κ1) is 72.4. The van der Waals surface area contributed by atoms with E-state index in [1.165, 1.54) is 0 Å². The first-order valence-electron chi connectivity index (χ1n) is 0.667. The second kappa shape index (κ2) is 36.2. The molecule has 6 N–H and O–H groups in total. The molecule has 0 aromatic heterocycles. The fourth-order valence-electron chi connectivity index (χ4n) is 0. The van der Waals surface area contributed by atoms with Gasteiger partial charge in [0.15, 0.2) is 0 Å². The molecule has 0 amide bonds. The standard InChI is InChI=1S/Mg.Mo.2Na.H2O4S.4H2O/c;;;;1-5(2,3)4;;;;/h;;;;(H2,1,2,3,4);4*1H2/q+2;;2*+1;;;;;/p-4. The van der Waals surface area contributed by atoms with Crippen LogP contribution in [-0.4, -0.2) is 62.5 Å². The summed E-state index contributed by atoms with van der Waals surface area (Å²) in [6.45, 7) is 0. The number of rotatable bonds is 0. The molecule has 0 atom stereocenters. The van der Waals surface area contributed by atoms with E-state index in [0.29, 0.717) is 0 Å². The Balaban J connectivity index is -0.00000000286. The van der Waals surface area contributed by atoms with Crippen molar-refractivity contribution in [3.63, 3.8) is 0 Å². The molecule has 0 fully saturated rings. The second-order valence-electron chi connectivity index (χ2n) is 0.408. The van der Waals surface area contributed by atoms with E-state index in [1.54, 1.807) is 0 Å². The molecule has 70 valence electrons. The van der Waals surface area contributed by atoms with Crippen LogP contribution >= 0.6 is 0 Å². The fraction of sp³-hybridized carbons (Fsp3) is 0. The van der Waals surface area contributed by atoms with Crippen molar-refractivity contribution in [1.82, 2.24) is 0 Å². The van der Waals surface area contributed by atoms with Crippen molar-refractivity contribution in [1.29, 1.82) is 0 Å². The van der Waals surface area contributed by atoms with Crippen LogP contribution in [0.15, 0.2) is 0 Å². The SMILES string of the molecule is O.O.O=S(=O)([O-])[O-].[Mg+2].[Mo].[Na+].[Na+].[OH-].[OH-]. The van der Waals surface area contributed by atoms with Crippen molar-refractivity contribution in [2.75, 3.05) is 0 Å². The van der Waals surface area contributed by atoms with Crippen LogP contribution in [0.4, 0.5) is 0 Å². The monoisotopic (exact) mass is 334 g/mol. The van der Waals surface area contributed by atoms with Crippen molar-refractivity contribution in [3.8, 4) is 0 Å². The maximum Gasteiger partial charge on any atom is 2.00 e. The minimum absolute atomic E-state index is 0. The maximum atomic E-state index is 8.52. The van der Waals surface area contributed by atoms with Crippen LogP contribution in [-0.2, 0) is 31.5 Å². The summed E-state index contributed by atoms with van der Waals surface area (Å²) in [6, 6.07) is 0. The molecule has 0 heterocycles. The molecule has 0 bridgehead atoms. The average molecular weight is 332 g/mol. The molecule has 0 radical (unpaired) electrons. The Morgan fingerprint density at radius 1 is 0.846 bits per heavy atom. The smallest absolute Gasteiger partial charge is 0.870 e. The molecule has 0 saturated heterocycles. The van der Waals surface area contributed by atoms with Gasteiger partial charge in [-0.05, 0) is 0 Å². The van der Waals surface area contributed by atoms with Crippen molar-refractivity contribution in [2.24, 2.45) is 0 Å². The van der Waals surface area contributed by atoms with Gasteiger partial charge in [0.2, 0.25) is 0 Å². The molecule has 13 heavy (non-hydrogen) atoms. The summed E-state index contributed by atoms with van der Waals surface area (Å²) in [5.41, 5.74) is 0. The van der Waals surface area contributed by atoms with E-state index in [4.69, 9.17) is 17.5 Å². The summed E-state index contributed by atoms with van der Waals surface area (Å²) in [6.07, 6.45) is 0. The van der Waals surface area contributed by atoms with Crippen molar-refractivity contribution < 1.29 is 120 Å². The molecular formula is H6MgMoNa2O8S. The molecule has 13 heteroatoms. The van der Waals surface area contributed by atoms with Gasteiger partial charge >= 0.3 is 82.2 Å². The summed E-state index contributed by atoms with van der Waals surface area (Å²) < 4.78 is 34.1. The summed E-state index contributed by atoms with van der Waals surface area (Å²) in [5, 5.41) is 0. The first-order valence-corrected chi connectivity index (χ1v) is 2.00. The van der Waals surface area contributed by atoms with Gasteiger partial charge in [-0.1, -0.05) is 0 Å². The summed E-state index contributed by atoms with van der Waals surface area (Å²) in [5.74, 6) is 0. The summed E-state index contributed by atoms with van der Waals surface area (Å²) >= 11 is 0. The van der Waals surface area contributed by atoms with Crippen LogP contribution in [0, 0.1) is 0 Å². The fourth-order valence-corrected chi connectivity index (χ4v) is 0. The van der Waals surface area contributed by atoms with Gasteiger partial charge < -0.3 is 31.0 Å². The molecule has 0 saturated carbocycles. The molecule has 8 nitrogen and oxygen atoms in total. The van der Waals surface area contributed by atoms with Crippen molar-refractivity contribution in [3.05, 3.63) is 0 Å². The molecule has 0 rings (SSSR count). The van der Waals surface area contributed by atoms with E-state index in [1.807, 2.05) is 0 Å². The third kappa shape index (κ3) is 262. The van der Waals surface area contributed by atoms with Crippen LogP contribution in [0.2, 0.25) is 0 Å². The molecule has 0 aromatic rings. The molecule has 0 unspecified atom stereocenters. The maximum absolute atomic E-state index is 8.52. The van der Waals surface area contributed by atoms with Crippen LogP contribution in [0.1, 0.15) is 0 Å². The predicted molar refractivity (Wildman–Crippen MR) is 27.3 cm³/mol. The quantitative estimate of drug-likeness (QED) is 0.239. The van der Waals surface area contributed by atoms with Crippen LogP contribution in [0.25, 0.3) is 0 Å². The Bertz CT molecular complexity index is 105. The van der Waals surface area contributed by atoms with Gasteiger partial charge in [-0.3, -0.25) is 8.42 Å². The van der Waals surface area contributed by atoms with Gasteiger partial charge in [-0.25, -0.2) is 0 Å². The molecule has 0 aliphatic heterocycles. The average Bonchev–Trinajstić information content (AvgIpc) is 0.722. The Morgan fingerprint density at radius 2 is 0.846 bits per heavy atom. The van der Waals surface area contributed by atoms with Crippen molar-refractivity contribution in [2.45, 2.75) is 0 Å². The van der Waals surface area contributed by atoms with E-state index in [0.717, 1.165) is 0 Å². The number of hydrogen-bond donors (Lipinski definition) is 0. The normalized spacial score (nSPS) is 4.46. The van der Waals surface area contributed by atoms with Gasteiger partial charge in [-0.15, -0.1) is 0 Å². The zero-order valence-corrected chi connectivity index (χ0v) is 15.3. The minimum atomic E-state index is -5.17. The predicted octanol–water partition coefficient (Wildman–Crippen LogP) is -9.72. The molecule has 0 aromatic carbocycles. The van der Waals surface area contributed by atoms with Crippen LogP contribution < -0.4 is 59.1 Å². The third-order valence-corrected chi connectivity index (χ3v) is 0. The largest absolute Gasteiger partial charge is 2.00 e. The Kier molecular flexibility index (Phi) is 202. The van der Waals surface area contributed by atoms with Gasteiger partial charge in [0.25, 0.3) is 0 Å². The minimum Gasteiger partial charge on any atom is -0.870 e. The van der Waals surface area contributed by atoms with Crippen LogP contribution in [0.5, 0.6) is 0 Å². The summed E-state index contributed by atoms with van der Waals surface area (Å²) in [7, 11) is -5.17. The van der Waals surface area contributed by atoms with Gasteiger partial charge in [0.05, 0.1) is 0 Å². The van der Waals surface area contributed by atoms with Gasteiger partial charge in [0.1, 0.15) is 0 Å². The molecule has 0 aliphatic carbocycles. The first-order chi connectivity index (χ1) is 2.00. The van der Waals surface area contributed by atoms with Crippen molar-refractivity contribution >= 4 is 33.5 Å². The molecule has 0 spiro atoms. The Hall–Kier alpha value is 3.16. The Morgan fingerprint density at radius 3 is 0.846 bits per heavy atom. The van der Waals surface area contributed by atoms with E-state index in [9.17, 15) is 0 Å². The molecular weight excluding hydrogens is 326 g/mol. The molecule has 0 aliphatic rings. The van der Waals surface area contributed by atoms with E-state index >= 15 is 0 Å². The zero-order valence-electron chi connectivity index (χ0n) is 7.05. The van der Waals surface area contributed by atoms with E-state index < -0.39 is 10.4 Å².